The topological polar surface area (TPSA) is 54.9 Å². The largest absolute Gasteiger partial charge is 0.496 e. The van der Waals surface area contributed by atoms with Crippen LogP contribution >= 0.6 is 0 Å². The quantitative estimate of drug-likeness (QED) is 0.417. The van der Waals surface area contributed by atoms with Crippen molar-refractivity contribution in [2.45, 2.75) is 46.8 Å². The molecule has 0 aliphatic carbocycles. The van der Waals surface area contributed by atoms with E-state index in [0.717, 1.165) is 43.4 Å². The highest BCUT2D eigenvalue weighted by atomic mass is 16.5. The molecule has 0 aromatic heterocycles. The zero-order valence-corrected chi connectivity index (χ0v) is 15.1. The van der Waals surface area contributed by atoms with Gasteiger partial charge in [-0.1, -0.05) is 12.1 Å². The van der Waals surface area contributed by atoms with E-state index in [1.165, 1.54) is 5.56 Å². The van der Waals surface area contributed by atoms with Crippen LogP contribution in [0.25, 0.3) is 0 Å². The molecule has 0 spiro atoms. The van der Waals surface area contributed by atoms with Crippen molar-refractivity contribution in [3.05, 3.63) is 29.3 Å². The van der Waals surface area contributed by atoms with E-state index < -0.39 is 0 Å². The van der Waals surface area contributed by atoms with Crippen molar-refractivity contribution in [2.24, 2.45) is 4.99 Å². The molecular weight excluding hydrogens is 290 g/mol. The highest BCUT2D eigenvalue weighted by Gasteiger charge is 2.04. The van der Waals surface area contributed by atoms with Crippen LogP contribution in [0.5, 0.6) is 5.75 Å². The molecule has 1 rings (SSSR count). The molecule has 0 saturated carbocycles. The number of methoxy groups -OCH3 is 1. The molecule has 5 nitrogen and oxygen atoms in total. The first kappa shape index (κ1) is 19.3. The van der Waals surface area contributed by atoms with Crippen molar-refractivity contribution < 1.29 is 9.47 Å². The number of hydrogen-bond donors (Lipinski definition) is 2. The van der Waals surface area contributed by atoms with Crippen LogP contribution in [0.2, 0.25) is 0 Å². The lowest BCUT2D eigenvalue weighted by Gasteiger charge is -2.13. The maximum Gasteiger partial charge on any atom is 0.191 e. The van der Waals surface area contributed by atoms with Crippen LogP contribution < -0.4 is 15.4 Å². The molecule has 0 aliphatic rings. The van der Waals surface area contributed by atoms with Gasteiger partial charge in [0.05, 0.1) is 19.8 Å². The molecule has 0 radical (unpaired) electrons. The fourth-order valence-electron chi connectivity index (χ4n) is 2.09. The number of rotatable bonds is 9. The van der Waals surface area contributed by atoms with Gasteiger partial charge in [-0.2, -0.15) is 0 Å². The van der Waals surface area contributed by atoms with Gasteiger partial charge in [0.15, 0.2) is 5.96 Å². The predicted molar refractivity (Wildman–Crippen MR) is 96.3 cm³/mol. The summed E-state index contributed by atoms with van der Waals surface area (Å²) in [5.74, 6) is 1.70. The molecule has 0 saturated heterocycles. The van der Waals surface area contributed by atoms with Gasteiger partial charge in [-0.25, -0.2) is 4.99 Å². The predicted octanol–water partition coefficient (Wildman–Crippen LogP) is 2.87. The summed E-state index contributed by atoms with van der Waals surface area (Å²) in [6, 6.07) is 6.18. The van der Waals surface area contributed by atoms with Crippen LogP contribution in [-0.2, 0) is 11.3 Å². The van der Waals surface area contributed by atoms with E-state index in [-0.39, 0.29) is 6.10 Å². The molecule has 0 atom stereocenters. The Labute approximate surface area is 140 Å². The normalized spacial score (nSPS) is 11.7. The molecular formula is C18H31N3O2. The first-order valence-electron chi connectivity index (χ1n) is 8.34. The molecule has 0 aliphatic heterocycles. The van der Waals surface area contributed by atoms with Gasteiger partial charge in [-0.3, -0.25) is 0 Å². The van der Waals surface area contributed by atoms with Crippen molar-refractivity contribution >= 4 is 5.96 Å². The first-order chi connectivity index (χ1) is 11.1. The zero-order valence-electron chi connectivity index (χ0n) is 15.1. The van der Waals surface area contributed by atoms with E-state index in [1.54, 1.807) is 7.11 Å². The summed E-state index contributed by atoms with van der Waals surface area (Å²) in [4.78, 5) is 4.63. The van der Waals surface area contributed by atoms with Gasteiger partial charge in [0.2, 0.25) is 0 Å². The molecule has 23 heavy (non-hydrogen) atoms. The van der Waals surface area contributed by atoms with E-state index >= 15 is 0 Å². The number of benzene rings is 1. The Balaban J connectivity index is 2.54. The number of nitrogens with zero attached hydrogens (tertiary/aromatic N) is 1. The molecule has 1 aromatic rings. The average molecular weight is 321 g/mol. The second-order valence-electron chi connectivity index (χ2n) is 5.71. The molecule has 0 unspecified atom stereocenters. The SMILES string of the molecule is CCNC(=NCc1ccc(C)cc1OC)NCCCOC(C)C. The second kappa shape index (κ2) is 10.9. The maximum atomic E-state index is 5.54. The average Bonchev–Trinajstić information content (AvgIpc) is 2.52. The summed E-state index contributed by atoms with van der Waals surface area (Å²) in [6.45, 7) is 11.2. The van der Waals surface area contributed by atoms with Gasteiger partial charge < -0.3 is 20.1 Å². The first-order valence-corrected chi connectivity index (χ1v) is 8.34. The standard InChI is InChI=1S/C18H31N3O2/c1-6-19-18(20-10-7-11-23-14(2)3)21-13-16-9-8-15(4)12-17(16)22-5/h8-9,12,14H,6-7,10-11,13H2,1-5H3,(H2,19,20,21). The molecule has 0 fully saturated rings. The summed E-state index contributed by atoms with van der Waals surface area (Å²) in [7, 11) is 1.69. The Morgan fingerprint density at radius 2 is 2.04 bits per heavy atom. The van der Waals surface area contributed by atoms with Crippen LogP contribution in [0.3, 0.4) is 0 Å². The van der Waals surface area contributed by atoms with Crippen LogP contribution in [0.15, 0.2) is 23.2 Å². The Hall–Kier alpha value is -1.75. The Morgan fingerprint density at radius 1 is 1.26 bits per heavy atom. The van der Waals surface area contributed by atoms with E-state index in [4.69, 9.17) is 9.47 Å². The van der Waals surface area contributed by atoms with Crippen LogP contribution in [-0.4, -0.2) is 38.9 Å². The third-order valence-electron chi connectivity index (χ3n) is 3.26. The number of nitrogens with one attached hydrogen (secondary N) is 2. The summed E-state index contributed by atoms with van der Waals surface area (Å²) in [6.07, 6.45) is 1.24. The lowest BCUT2D eigenvalue weighted by atomic mass is 10.1. The Morgan fingerprint density at radius 3 is 2.70 bits per heavy atom. The van der Waals surface area contributed by atoms with Crippen molar-refractivity contribution in [1.29, 1.82) is 0 Å². The maximum absolute atomic E-state index is 5.54. The molecule has 0 amide bonds. The molecule has 1 aromatic carbocycles. The fraction of sp³-hybridized carbons (Fsp3) is 0.611. The summed E-state index contributed by atoms with van der Waals surface area (Å²) in [5, 5.41) is 6.59. The molecule has 130 valence electrons. The van der Waals surface area contributed by atoms with Gasteiger partial charge in [0.1, 0.15) is 5.75 Å². The highest BCUT2D eigenvalue weighted by molar-refractivity contribution is 5.79. The third-order valence-corrected chi connectivity index (χ3v) is 3.26. The molecule has 5 heteroatoms. The zero-order chi connectivity index (χ0) is 17.1. The van der Waals surface area contributed by atoms with Crippen LogP contribution in [0.4, 0.5) is 0 Å². The number of aliphatic imine (C=N–C) groups is 1. The van der Waals surface area contributed by atoms with E-state index in [9.17, 15) is 0 Å². The van der Waals surface area contributed by atoms with Crippen molar-refractivity contribution in [3.63, 3.8) is 0 Å². The fourth-order valence-corrected chi connectivity index (χ4v) is 2.09. The van der Waals surface area contributed by atoms with Gasteiger partial charge in [0, 0.05) is 25.3 Å². The van der Waals surface area contributed by atoms with Crippen molar-refractivity contribution in [2.75, 3.05) is 26.8 Å². The van der Waals surface area contributed by atoms with Gasteiger partial charge in [-0.05, 0) is 45.7 Å². The van der Waals surface area contributed by atoms with Gasteiger partial charge in [0.25, 0.3) is 0 Å². The van der Waals surface area contributed by atoms with Crippen LogP contribution in [0.1, 0.15) is 38.3 Å². The van der Waals surface area contributed by atoms with Gasteiger partial charge in [-0.15, -0.1) is 0 Å². The summed E-state index contributed by atoms with van der Waals surface area (Å²) < 4.78 is 11.0. The number of ether oxygens (including phenoxy) is 2. The van der Waals surface area contributed by atoms with E-state index in [0.29, 0.717) is 6.54 Å². The monoisotopic (exact) mass is 321 g/mol. The lowest BCUT2D eigenvalue weighted by molar-refractivity contribution is 0.0776. The minimum absolute atomic E-state index is 0.283. The van der Waals surface area contributed by atoms with Crippen molar-refractivity contribution in [3.8, 4) is 5.75 Å². The number of hydrogen-bond acceptors (Lipinski definition) is 3. The molecule has 0 heterocycles. The third kappa shape index (κ3) is 7.88. The van der Waals surface area contributed by atoms with Crippen molar-refractivity contribution in [1.82, 2.24) is 10.6 Å². The highest BCUT2D eigenvalue weighted by Crippen LogP contribution is 2.20. The van der Waals surface area contributed by atoms with Gasteiger partial charge >= 0.3 is 0 Å². The Kier molecular flexibility index (Phi) is 9.14. The van der Waals surface area contributed by atoms with E-state index in [1.807, 2.05) is 19.9 Å². The van der Waals surface area contributed by atoms with Crippen LogP contribution in [0, 0.1) is 6.92 Å². The Bertz CT molecular complexity index is 487. The van der Waals surface area contributed by atoms with E-state index in [2.05, 4.69) is 41.6 Å². The minimum Gasteiger partial charge on any atom is -0.496 e. The number of guanidine groups is 1. The number of aryl methyl sites for hydroxylation is 1. The second-order valence-corrected chi connectivity index (χ2v) is 5.71. The summed E-state index contributed by atoms with van der Waals surface area (Å²) in [5.41, 5.74) is 2.27. The lowest BCUT2D eigenvalue weighted by Crippen LogP contribution is -2.38. The smallest absolute Gasteiger partial charge is 0.191 e. The minimum atomic E-state index is 0.283. The summed E-state index contributed by atoms with van der Waals surface area (Å²) >= 11 is 0. The molecule has 0 bridgehead atoms. The molecule has 2 N–H and O–H groups in total.